The Kier molecular flexibility index (Phi) is 6.41. The number of nitrogens with zero attached hydrogens (tertiary/aromatic N) is 1. The third-order valence-electron chi connectivity index (χ3n) is 3.95. The summed E-state index contributed by atoms with van der Waals surface area (Å²) in [6.45, 7) is 0.637. The van der Waals surface area contributed by atoms with Crippen LogP contribution in [-0.4, -0.2) is 26.7 Å². The Morgan fingerprint density at radius 2 is 1.85 bits per heavy atom. The van der Waals surface area contributed by atoms with E-state index in [0.29, 0.717) is 33.2 Å². The first-order chi connectivity index (χ1) is 12.8. The molecule has 1 aromatic heterocycles. The number of thiophene rings is 1. The van der Waals surface area contributed by atoms with Gasteiger partial charge in [-0.1, -0.05) is 29.6 Å². The Morgan fingerprint density at radius 1 is 1.11 bits per heavy atom. The van der Waals surface area contributed by atoms with Gasteiger partial charge in [-0.15, -0.1) is 11.3 Å². The zero-order valence-corrected chi connectivity index (χ0v) is 17.3. The number of sulfonamides is 1. The molecular weight excluding hydrogens is 429 g/mol. The van der Waals surface area contributed by atoms with Crippen molar-refractivity contribution in [3.63, 3.8) is 0 Å². The Labute approximate surface area is 171 Å². The van der Waals surface area contributed by atoms with Crippen molar-refractivity contribution < 1.29 is 13.2 Å². The van der Waals surface area contributed by atoms with E-state index in [-0.39, 0.29) is 10.5 Å². The number of carbonyl (C=O) groups is 1. The molecular formula is C17H17Cl2N3O3S2. The third-order valence-corrected chi connectivity index (χ3v) is 6.84. The van der Waals surface area contributed by atoms with E-state index in [2.05, 4.69) is 15.0 Å². The van der Waals surface area contributed by atoms with Crippen molar-refractivity contribution in [2.45, 2.75) is 30.6 Å². The SMILES string of the molecule is O=C(Nc1ccc(S(=O)(=O)NC2=NCCCCC2)cc1)c1cc(Cl)sc1Cl. The van der Waals surface area contributed by atoms with Crippen LogP contribution in [0.4, 0.5) is 5.69 Å². The van der Waals surface area contributed by atoms with Crippen molar-refractivity contribution in [1.29, 1.82) is 0 Å². The highest BCUT2D eigenvalue weighted by molar-refractivity contribution is 7.90. The van der Waals surface area contributed by atoms with Crippen molar-refractivity contribution in [1.82, 2.24) is 4.72 Å². The van der Waals surface area contributed by atoms with E-state index in [4.69, 9.17) is 23.2 Å². The van der Waals surface area contributed by atoms with Crippen molar-refractivity contribution in [2.75, 3.05) is 11.9 Å². The zero-order valence-electron chi connectivity index (χ0n) is 14.2. The van der Waals surface area contributed by atoms with Gasteiger partial charge in [-0.25, -0.2) is 8.42 Å². The van der Waals surface area contributed by atoms with Gasteiger partial charge >= 0.3 is 0 Å². The lowest BCUT2D eigenvalue weighted by Gasteiger charge is -2.10. The predicted octanol–water partition coefficient (Wildman–Crippen LogP) is 4.56. The van der Waals surface area contributed by atoms with Crippen LogP contribution < -0.4 is 10.0 Å². The molecule has 0 bridgehead atoms. The number of aliphatic imine (C=N–C) groups is 1. The standard InChI is InChI=1S/C17H17Cl2N3O3S2/c18-14-10-13(16(19)26-14)17(23)21-11-5-7-12(8-6-11)27(24,25)22-15-4-2-1-3-9-20-15/h5-8,10H,1-4,9H2,(H,20,22)(H,21,23). The zero-order chi connectivity index (χ0) is 19.4. The first-order valence-corrected chi connectivity index (χ1v) is 11.3. The van der Waals surface area contributed by atoms with Gasteiger partial charge in [-0.2, -0.15) is 0 Å². The molecule has 2 heterocycles. The Balaban J connectivity index is 1.69. The summed E-state index contributed by atoms with van der Waals surface area (Å²) in [5.41, 5.74) is 0.723. The van der Waals surface area contributed by atoms with Gasteiger partial charge in [0.2, 0.25) is 0 Å². The van der Waals surface area contributed by atoms with Crippen molar-refractivity contribution in [2.24, 2.45) is 4.99 Å². The van der Waals surface area contributed by atoms with Crippen LogP contribution in [0.25, 0.3) is 0 Å². The van der Waals surface area contributed by atoms with E-state index in [1.54, 1.807) is 0 Å². The fourth-order valence-corrected chi connectivity index (χ4v) is 5.13. The van der Waals surface area contributed by atoms with Gasteiger partial charge in [-0.3, -0.25) is 14.5 Å². The second-order valence-corrected chi connectivity index (χ2v) is 9.93. The summed E-state index contributed by atoms with van der Waals surface area (Å²) in [7, 11) is -3.71. The number of anilines is 1. The maximum Gasteiger partial charge on any atom is 0.262 e. The van der Waals surface area contributed by atoms with Crippen LogP contribution >= 0.6 is 34.5 Å². The number of amides is 1. The predicted molar refractivity (Wildman–Crippen MR) is 110 cm³/mol. The molecule has 0 unspecified atom stereocenters. The minimum atomic E-state index is -3.71. The molecule has 3 rings (SSSR count). The van der Waals surface area contributed by atoms with Crippen LogP contribution in [-0.2, 0) is 10.0 Å². The van der Waals surface area contributed by atoms with Crippen LogP contribution in [0.5, 0.6) is 0 Å². The lowest BCUT2D eigenvalue weighted by atomic mass is 10.2. The molecule has 2 aromatic rings. The maximum atomic E-state index is 12.5. The average molecular weight is 446 g/mol. The fraction of sp³-hybridized carbons (Fsp3) is 0.294. The smallest absolute Gasteiger partial charge is 0.262 e. The molecule has 6 nitrogen and oxygen atoms in total. The number of amidine groups is 1. The summed E-state index contributed by atoms with van der Waals surface area (Å²) >= 11 is 12.9. The maximum absolute atomic E-state index is 12.5. The highest BCUT2D eigenvalue weighted by Gasteiger charge is 2.18. The van der Waals surface area contributed by atoms with Gasteiger partial charge in [0.25, 0.3) is 15.9 Å². The second-order valence-electron chi connectivity index (χ2n) is 5.96. The van der Waals surface area contributed by atoms with Crippen LogP contribution in [0.1, 0.15) is 36.0 Å². The number of halogens is 2. The highest BCUT2D eigenvalue weighted by Crippen LogP contribution is 2.31. The van der Waals surface area contributed by atoms with E-state index in [1.807, 2.05) is 0 Å². The Hall–Kier alpha value is -1.61. The molecule has 1 aliphatic heterocycles. The summed E-state index contributed by atoms with van der Waals surface area (Å²) in [6.07, 6.45) is 3.56. The number of carbonyl (C=O) groups excluding carboxylic acids is 1. The van der Waals surface area contributed by atoms with Crippen LogP contribution in [0.15, 0.2) is 40.2 Å². The van der Waals surface area contributed by atoms with E-state index in [9.17, 15) is 13.2 Å². The second kappa shape index (κ2) is 8.60. The number of benzene rings is 1. The largest absolute Gasteiger partial charge is 0.322 e. The lowest BCUT2D eigenvalue weighted by molar-refractivity contribution is 0.102. The van der Waals surface area contributed by atoms with Crippen molar-refractivity contribution in [3.8, 4) is 0 Å². The normalized spacial score (nSPS) is 15.0. The quantitative estimate of drug-likeness (QED) is 0.722. The van der Waals surface area contributed by atoms with Crippen LogP contribution in [0.3, 0.4) is 0 Å². The molecule has 10 heteroatoms. The molecule has 27 heavy (non-hydrogen) atoms. The molecule has 144 valence electrons. The van der Waals surface area contributed by atoms with E-state index < -0.39 is 15.9 Å². The van der Waals surface area contributed by atoms with Gasteiger partial charge in [0.1, 0.15) is 10.2 Å². The summed E-state index contributed by atoms with van der Waals surface area (Å²) < 4.78 is 28.3. The molecule has 1 aliphatic rings. The summed E-state index contributed by atoms with van der Waals surface area (Å²) in [6, 6.07) is 7.38. The molecule has 0 saturated heterocycles. The topological polar surface area (TPSA) is 87.6 Å². The molecule has 0 fully saturated rings. The molecule has 1 aromatic carbocycles. The number of rotatable bonds is 4. The molecule has 1 amide bonds. The Morgan fingerprint density at radius 3 is 2.52 bits per heavy atom. The first kappa shape index (κ1) is 20.1. The minimum Gasteiger partial charge on any atom is -0.322 e. The molecule has 0 saturated carbocycles. The first-order valence-electron chi connectivity index (χ1n) is 8.27. The number of hydrogen-bond donors (Lipinski definition) is 2. The summed E-state index contributed by atoms with van der Waals surface area (Å²) in [4.78, 5) is 16.6. The summed E-state index contributed by atoms with van der Waals surface area (Å²) in [5.74, 6) is 0.0820. The van der Waals surface area contributed by atoms with Gasteiger partial charge in [-0.05, 0) is 43.2 Å². The molecule has 0 atom stereocenters. The molecule has 0 aliphatic carbocycles. The van der Waals surface area contributed by atoms with Crippen molar-refractivity contribution in [3.05, 3.63) is 44.6 Å². The third kappa shape index (κ3) is 5.22. The number of hydrogen-bond acceptors (Lipinski definition) is 5. The molecule has 0 spiro atoms. The van der Waals surface area contributed by atoms with Crippen LogP contribution in [0, 0.1) is 0 Å². The van der Waals surface area contributed by atoms with E-state index in [1.165, 1.54) is 30.3 Å². The molecule has 0 radical (unpaired) electrons. The Bertz CT molecular complexity index is 970. The molecule has 2 N–H and O–H groups in total. The van der Waals surface area contributed by atoms with Gasteiger partial charge in [0.05, 0.1) is 14.8 Å². The average Bonchev–Trinajstić information content (AvgIpc) is 2.80. The van der Waals surface area contributed by atoms with Crippen LogP contribution in [0.2, 0.25) is 8.67 Å². The van der Waals surface area contributed by atoms with Gasteiger partial charge in [0, 0.05) is 18.7 Å². The fourth-order valence-electron chi connectivity index (χ4n) is 2.58. The number of nitrogens with one attached hydrogen (secondary N) is 2. The highest BCUT2D eigenvalue weighted by atomic mass is 35.5. The lowest BCUT2D eigenvalue weighted by Crippen LogP contribution is -2.30. The summed E-state index contributed by atoms with van der Waals surface area (Å²) in [5, 5.41) is 2.67. The minimum absolute atomic E-state index is 0.101. The van der Waals surface area contributed by atoms with E-state index in [0.717, 1.165) is 30.6 Å². The van der Waals surface area contributed by atoms with Gasteiger partial charge < -0.3 is 5.32 Å². The van der Waals surface area contributed by atoms with Gasteiger partial charge in [0.15, 0.2) is 0 Å². The van der Waals surface area contributed by atoms with E-state index >= 15 is 0 Å². The monoisotopic (exact) mass is 445 g/mol. The van der Waals surface area contributed by atoms with Crippen molar-refractivity contribution >= 4 is 62.0 Å².